The quantitative estimate of drug-likeness (QED) is 0.905. The van der Waals surface area contributed by atoms with Crippen molar-refractivity contribution in [3.63, 3.8) is 0 Å². The molecule has 0 aliphatic heterocycles. The average molecular weight is 246 g/mol. The van der Waals surface area contributed by atoms with Crippen LogP contribution in [-0.2, 0) is 5.54 Å². The van der Waals surface area contributed by atoms with E-state index in [0.29, 0.717) is 11.3 Å². The van der Waals surface area contributed by atoms with Crippen molar-refractivity contribution < 1.29 is 9.13 Å². The lowest BCUT2D eigenvalue weighted by atomic mass is 9.85. The molecule has 0 aliphatic rings. The monoisotopic (exact) mass is 246 g/mol. The highest BCUT2D eigenvalue weighted by molar-refractivity contribution is 5.45. The molecule has 2 rings (SSSR count). The van der Waals surface area contributed by atoms with Crippen molar-refractivity contribution in [1.82, 2.24) is 4.98 Å². The van der Waals surface area contributed by atoms with Crippen LogP contribution in [0, 0.1) is 5.82 Å². The Bertz CT molecular complexity index is 555. The molecule has 0 saturated heterocycles. The molecule has 4 heteroatoms. The Morgan fingerprint density at radius 2 is 1.94 bits per heavy atom. The zero-order chi connectivity index (χ0) is 13.2. The first-order valence-corrected chi connectivity index (χ1v) is 5.59. The molecule has 1 atom stereocenters. The van der Waals surface area contributed by atoms with Gasteiger partial charge in [-0.3, -0.25) is 4.98 Å². The summed E-state index contributed by atoms with van der Waals surface area (Å²) >= 11 is 0. The number of rotatable bonds is 3. The van der Waals surface area contributed by atoms with E-state index in [2.05, 4.69) is 4.98 Å². The van der Waals surface area contributed by atoms with Crippen LogP contribution in [-0.4, -0.2) is 12.1 Å². The highest BCUT2D eigenvalue weighted by Crippen LogP contribution is 2.33. The van der Waals surface area contributed by atoms with E-state index in [1.54, 1.807) is 26.2 Å². The normalized spacial score (nSPS) is 14.0. The number of para-hydroxylation sites is 1. The number of halogens is 1. The van der Waals surface area contributed by atoms with Crippen molar-refractivity contribution >= 4 is 0 Å². The van der Waals surface area contributed by atoms with Gasteiger partial charge in [0.1, 0.15) is 11.6 Å². The number of methoxy groups -OCH3 is 1. The molecule has 18 heavy (non-hydrogen) atoms. The van der Waals surface area contributed by atoms with E-state index in [1.807, 2.05) is 18.2 Å². The Morgan fingerprint density at radius 1 is 1.22 bits per heavy atom. The maximum absolute atomic E-state index is 13.8. The summed E-state index contributed by atoms with van der Waals surface area (Å²) in [6, 6.07) is 8.92. The van der Waals surface area contributed by atoms with Crippen molar-refractivity contribution in [2.45, 2.75) is 12.5 Å². The third-order valence-electron chi connectivity index (χ3n) is 3.00. The zero-order valence-corrected chi connectivity index (χ0v) is 10.4. The second-order valence-electron chi connectivity index (χ2n) is 4.26. The van der Waals surface area contributed by atoms with Crippen molar-refractivity contribution in [3.05, 3.63) is 59.7 Å². The third-order valence-corrected chi connectivity index (χ3v) is 3.00. The molecule has 3 nitrogen and oxygen atoms in total. The first-order chi connectivity index (χ1) is 8.57. The van der Waals surface area contributed by atoms with Gasteiger partial charge in [0.15, 0.2) is 0 Å². The molecule has 2 N–H and O–H groups in total. The molecule has 0 aliphatic carbocycles. The Balaban J connectivity index is 2.58. The Hall–Kier alpha value is -1.94. The standard InChI is InChI=1S/C14H15FN2O/c1-14(16,10-7-8-17-9-12(10)15)11-5-3-4-6-13(11)18-2/h3-9H,16H2,1-2H3. The number of nitrogens with zero attached hydrogens (tertiary/aromatic N) is 1. The molecule has 0 radical (unpaired) electrons. The summed E-state index contributed by atoms with van der Waals surface area (Å²) in [6.45, 7) is 1.75. The predicted octanol–water partition coefficient (Wildman–Crippen LogP) is 2.45. The summed E-state index contributed by atoms with van der Waals surface area (Å²) in [6.07, 6.45) is 2.69. The van der Waals surface area contributed by atoms with E-state index in [1.165, 1.54) is 6.20 Å². The maximum Gasteiger partial charge on any atom is 0.146 e. The topological polar surface area (TPSA) is 48.1 Å². The fraction of sp³-hybridized carbons (Fsp3) is 0.214. The molecule has 2 aromatic rings. The summed E-state index contributed by atoms with van der Waals surface area (Å²) < 4.78 is 19.1. The number of nitrogens with two attached hydrogens (primary N) is 1. The van der Waals surface area contributed by atoms with Crippen LogP contribution in [0.4, 0.5) is 4.39 Å². The molecule has 1 heterocycles. The minimum absolute atomic E-state index is 0.391. The number of hydrogen-bond donors (Lipinski definition) is 1. The van der Waals surface area contributed by atoms with E-state index >= 15 is 0 Å². The van der Waals surface area contributed by atoms with Gasteiger partial charge >= 0.3 is 0 Å². The van der Waals surface area contributed by atoms with Gasteiger partial charge in [-0.15, -0.1) is 0 Å². The van der Waals surface area contributed by atoms with Crippen molar-refractivity contribution in [2.75, 3.05) is 7.11 Å². The van der Waals surface area contributed by atoms with Gasteiger partial charge in [0.05, 0.1) is 18.8 Å². The fourth-order valence-electron chi connectivity index (χ4n) is 2.02. The minimum atomic E-state index is -0.973. The predicted molar refractivity (Wildman–Crippen MR) is 67.8 cm³/mol. The van der Waals surface area contributed by atoms with Crippen LogP contribution in [0.25, 0.3) is 0 Å². The second-order valence-corrected chi connectivity index (χ2v) is 4.26. The summed E-state index contributed by atoms with van der Waals surface area (Å²) in [5.74, 6) is 0.215. The van der Waals surface area contributed by atoms with Gasteiger partial charge in [-0.25, -0.2) is 4.39 Å². The van der Waals surface area contributed by atoms with Crippen LogP contribution in [0.2, 0.25) is 0 Å². The van der Waals surface area contributed by atoms with Crippen LogP contribution in [0.5, 0.6) is 5.75 Å². The first kappa shape index (κ1) is 12.5. The Morgan fingerprint density at radius 3 is 2.61 bits per heavy atom. The van der Waals surface area contributed by atoms with E-state index in [0.717, 1.165) is 11.8 Å². The number of benzene rings is 1. The van der Waals surface area contributed by atoms with Gasteiger partial charge < -0.3 is 10.5 Å². The van der Waals surface area contributed by atoms with E-state index < -0.39 is 11.4 Å². The van der Waals surface area contributed by atoms with Gasteiger partial charge in [0.25, 0.3) is 0 Å². The highest BCUT2D eigenvalue weighted by Gasteiger charge is 2.29. The molecule has 1 aromatic carbocycles. The molecular weight excluding hydrogens is 231 g/mol. The molecule has 0 amide bonds. The SMILES string of the molecule is COc1ccccc1C(C)(N)c1ccncc1F. The van der Waals surface area contributed by atoms with Crippen molar-refractivity contribution in [3.8, 4) is 5.75 Å². The number of ether oxygens (including phenoxy) is 1. The fourth-order valence-corrected chi connectivity index (χ4v) is 2.02. The summed E-state index contributed by atoms with van der Waals surface area (Å²) in [7, 11) is 1.57. The van der Waals surface area contributed by atoms with Gasteiger partial charge in [-0.2, -0.15) is 0 Å². The van der Waals surface area contributed by atoms with Crippen LogP contribution < -0.4 is 10.5 Å². The summed E-state index contributed by atoms with van der Waals surface area (Å²) in [5, 5.41) is 0. The van der Waals surface area contributed by atoms with Gasteiger partial charge in [0.2, 0.25) is 0 Å². The molecule has 0 bridgehead atoms. The number of hydrogen-bond acceptors (Lipinski definition) is 3. The lowest BCUT2D eigenvalue weighted by Gasteiger charge is -2.27. The van der Waals surface area contributed by atoms with Gasteiger partial charge in [-0.1, -0.05) is 18.2 Å². The Labute approximate surface area is 105 Å². The summed E-state index contributed by atoms with van der Waals surface area (Å²) in [4.78, 5) is 3.73. The molecular formula is C14H15FN2O. The lowest BCUT2D eigenvalue weighted by molar-refractivity contribution is 0.396. The largest absolute Gasteiger partial charge is 0.496 e. The minimum Gasteiger partial charge on any atom is -0.496 e. The summed E-state index contributed by atoms with van der Waals surface area (Å²) in [5.41, 5.74) is 6.44. The molecule has 1 aromatic heterocycles. The molecule has 0 spiro atoms. The lowest BCUT2D eigenvalue weighted by Crippen LogP contribution is -2.35. The second kappa shape index (κ2) is 4.74. The third kappa shape index (κ3) is 2.07. The van der Waals surface area contributed by atoms with Crippen LogP contribution >= 0.6 is 0 Å². The number of pyridine rings is 1. The molecule has 0 fully saturated rings. The molecule has 0 saturated carbocycles. The highest BCUT2D eigenvalue weighted by atomic mass is 19.1. The Kier molecular flexibility index (Phi) is 3.30. The average Bonchev–Trinajstić information content (AvgIpc) is 2.39. The van der Waals surface area contributed by atoms with Crippen molar-refractivity contribution in [2.24, 2.45) is 5.73 Å². The van der Waals surface area contributed by atoms with E-state index in [-0.39, 0.29) is 0 Å². The zero-order valence-electron chi connectivity index (χ0n) is 10.4. The van der Waals surface area contributed by atoms with Gasteiger partial charge in [0, 0.05) is 17.3 Å². The maximum atomic E-state index is 13.8. The molecule has 94 valence electrons. The van der Waals surface area contributed by atoms with Crippen LogP contribution in [0.1, 0.15) is 18.1 Å². The molecule has 1 unspecified atom stereocenters. The van der Waals surface area contributed by atoms with E-state index in [4.69, 9.17) is 10.5 Å². The van der Waals surface area contributed by atoms with E-state index in [9.17, 15) is 4.39 Å². The first-order valence-electron chi connectivity index (χ1n) is 5.59. The smallest absolute Gasteiger partial charge is 0.146 e. The van der Waals surface area contributed by atoms with Crippen LogP contribution in [0.3, 0.4) is 0 Å². The van der Waals surface area contributed by atoms with Crippen LogP contribution in [0.15, 0.2) is 42.7 Å². The van der Waals surface area contributed by atoms with Gasteiger partial charge in [-0.05, 0) is 19.1 Å². The number of aromatic nitrogens is 1. The van der Waals surface area contributed by atoms with Crippen molar-refractivity contribution in [1.29, 1.82) is 0 Å².